The number of pyridine rings is 1. The Kier molecular flexibility index (Phi) is 8.40. The summed E-state index contributed by atoms with van der Waals surface area (Å²) >= 11 is 0. The number of halogens is 4. The number of carbonyl (C=O) groups is 2. The standard InChI is InChI=1S/C35H28F4N4O6/c1-47-35(46)42-14-19-3-2-18(8-22(19)15-42)17-49-31-5-4-25(36)32(41-31)24-13-26(37)20(9-27(24)38)12-30-40-33-28(39)10-21(34(44)45)11-29(33)43(30)16-23-6-7-48-23/h2-5,8-11,13,23H,6-7,12,14-17H2,1H3,(H,44,45)/t23-/m0/s1. The number of rotatable bonds is 9. The van der Waals surface area contributed by atoms with E-state index >= 15 is 8.78 Å². The quantitative estimate of drug-likeness (QED) is 0.179. The maximum Gasteiger partial charge on any atom is 0.410 e. The fourth-order valence-corrected chi connectivity index (χ4v) is 6.05. The lowest BCUT2D eigenvalue weighted by Crippen LogP contribution is -2.31. The first-order valence-corrected chi connectivity index (χ1v) is 15.3. The lowest BCUT2D eigenvalue weighted by molar-refractivity contribution is -0.0589. The van der Waals surface area contributed by atoms with E-state index in [1.165, 1.54) is 19.2 Å². The minimum Gasteiger partial charge on any atom is -0.478 e. The zero-order valence-electron chi connectivity index (χ0n) is 26.0. The van der Waals surface area contributed by atoms with E-state index in [2.05, 4.69) is 9.97 Å². The van der Waals surface area contributed by atoms with Crippen LogP contribution in [0.15, 0.2) is 54.6 Å². The summed E-state index contributed by atoms with van der Waals surface area (Å²) in [5.41, 5.74) is 1.43. The number of hydrogen-bond acceptors (Lipinski definition) is 7. The molecule has 0 bridgehead atoms. The predicted molar refractivity (Wildman–Crippen MR) is 166 cm³/mol. The van der Waals surface area contributed by atoms with Gasteiger partial charge < -0.3 is 23.9 Å². The van der Waals surface area contributed by atoms with Crippen LogP contribution in [-0.4, -0.2) is 56.4 Å². The predicted octanol–water partition coefficient (Wildman–Crippen LogP) is 6.39. The average molecular weight is 677 g/mol. The smallest absolute Gasteiger partial charge is 0.410 e. The van der Waals surface area contributed by atoms with E-state index in [-0.39, 0.29) is 59.5 Å². The van der Waals surface area contributed by atoms with Crippen LogP contribution in [0.25, 0.3) is 22.3 Å². The zero-order chi connectivity index (χ0) is 34.4. The Morgan fingerprint density at radius 1 is 0.939 bits per heavy atom. The third kappa shape index (κ3) is 6.26. The number of carboxylic acid groups (broad SMARTS) is 1. The third-order valence-electron chi connectivity index (χ3n) is 8.69. The number of carboxylic acids is 1. The topological polar surface area (TPSA) is 116 Å². The number of aromatic nitrogens is 3. The van der Waals surface area contributed by atoms with Crippen molar-refractivity contribution < 1.29 is 46.5 Å². The molecule has 1 fully saturated rings. The van der Waals surface area contributed by atoms with Crippen LogP contribution < -0.4 is 4.74 Å². The van der Waals surface area contributed by atoms with Gasteiger partial charge in [-0.3, -0.25) is 4.90 Å². The fraction of sp³-hybridized carbons (Fsp3) is 0.257. The number of benzene rings is 3. The number of aromatic carboxylic acids is 1. The number of amides is 1. The van der Waals surface area contributed by atoms with E-state index in [4.69, 9.17) is 14.2 Å². The molecule has 3 aromatic carbocycles. The molecule has 1 saturated heterocycles. The molecule has 2 aromatic heterocycles. The summed E-state index contributed by atoms with van der Waals surface area (Å²) in [6.07, 6.45) is -0.231. The molecular weight excluding hydrogens is 648 g/mol. The molecule has 1 atom stereocenters. The molecule has 5 aromatic rings. The SMILES string of the molecule is COC(=O)N1Cc2ccc(COc3ccc(F)c(-c4cc(F)c(Cc5nc6c(F)cc(C(=O)O)cc6n5C[C@@H]5CCO5)cc4F)n3)cc2C1. The van der Waals surface area contributed by atoms with Gasteiger partial charge in [-0.25, -0.2) is 37.1 Å². The van der Waals surface area contributed by atoms with Crippen molar-refractivity contribution in [1.82, 2.24) is 19.4 Å². The van der Waals surface area contributed by atoms with Gasteiger partial charge in [0, 0.05) is 37.7 Å². The van der Waals surface area contributed by atoms with Gasteiger partial charge in [-0.05, 0) is 59.0 Å². The van der Waals surface area contributed by atoms with Crippen molar-refractivity contribution in [2.75, 3.05) is 13.7 Å². The maximum absolute atomic E-state index is 15.6. The van der Waals surface area contributed by atoms with Gasteiger partial charge in [0.2, 0.25) is 5.88 Å². The second kappa shape index (κ2) is 12.8. The van der Waals surface area contributed by atoms with Crippen molar-refractivity contribution in [1.29, 1.82) is 0 Å². The monoisotopic (exact) mass is 676 g/mol. The first kappa shape index (κ1) is 32.1. The van der Waals surface area contributed by atoms with Crippen molar-refractivity contribution >= 4 is 23.1 Å². The van der Waals surface area contributed by atoms with E-state index in [0.29, 0.717) is 26.1 Å². The van der Waals surface area contributed by atoms with Gasteiger partial charge in [-0.1, -0.05) is 18.2 Å². The molecule has 10 nitrogen and oxygen atoms in total. The van der Waals surface area contributed by atoms with Crippen molar-refractivity contribution in [3.8, 4) is 17.1 Å². The minimum absolute atomic E-state index is 0.0216. The molecule has 49 heavy (non-hydrogen) atoms. The largest absolute Gasteiger partial charge is 0.478 e. The molecule has 2 aliphatic heterocycles. The molecule has 4 heterocycles. The van der Waals surface area contributed by atoms with Crippen LogP contribution in [0.1, 0.15) is 44.9 Å². The van der Waals surface area contributed by atoms with E-state index in [1.807, 2.05) is 18.2 Å². The van der Waals surface area contributed by atoms with Crippen LogP contribution in [0.2, 0.25) is 0 Å². The summed E-state index contributed by atoms with van der Waals surface area (Å²) < 4.78 is 78.7. The third-order valence-corrected chi connectivity index (χ3v) is 8.69. The van der Waals surface area contributed by atoms with E-state index in [1.54, 1.807) is 9.47 Å². The number of fused-ring (bicyclic) bond motifs is 2. The zero-order valence-corrected chi connectivity index (χ0v) is 26.0. The van der Waals surface area contributed by atoms with Crippen molar-refractivity contribution in [2.24, 2.45) is 0 Å². The van der Waals surface area contributed by atoms with Crippen LogP contribution in [0.3, 0.4) is 0 Å². The Balaban J connectivity index is 1.13. The second-order valence-electron chi connectivity index (χ2n) is 11.8. The van der Waals surface area contributed by atoms with Crippen LogP contribution >= 0.6 is 0 Å². The summed E-state index contributed by atoms with van der Waals surface area (Å²) in [5, 5.41) is 9.44. The van der Waals surface area contributed by atoms with Gasteiger partial charge in [-0.15, -0.1) is 0 Å². The summed E-state index contributed by atoms with van der Waals surface area (Å²) in [5.74, 6) is -4.78. The van der Waals surface area contributed by atoms with E-state index in [0.717, 1.165) is 41.0 Å². The number of nitrogens with zero attached hydrogens (tertiary/aromatic N) is 4. The number of hydrogen-bond donors (Lipinski definition) is 1. The van der Waals surface area contributed by atoms with Crippen molar-refractivity contribution in [2.45, 2.75) is 45.2 Å². The van der Waals surface area contributed by atoms with Gasteiger partial charge in [-0.2, -0.15) is 0 Å². The minimum atomic E-state index is -1.33. The Hall–Kier alpha value is -5.50. The Morgan fingerprint density at radius 2 is 1.73 bits per heavy atom. The highest BCUT2D eigenvalue weighted by Crippen LogP contribution is 2.31. The first-order valence-electron chi connectivity index (χ1n) is 15.3. The number of imidazole rings is 1. The Morgan fingerprint density at radius 3 is 2.47 bits per heavy atom. The van der Waals surface area contributed by atoms with Gasteiger partial charge in [0.25, 0.3) is 0 Å². The normalized spacial score (nSPS) is 15.3. The molecule has 1 N–H and O–H groups in total. The molecule has 0 spiro atoms. The number of ether oxygens (including phenoxy) is 3. The van der Waals surface area contributed by atoms with Crippen LogP contribution in [0, 0.1) is 23.3 Å². The van der Waals surface area contributed by atoms with Crippen LogP contribution in [-0.2, 0) is 42.1 Å². The average Bonchev–Trinajstić information content (AvgIpc) is 3.64. The van der Waals surface area contributed by atoms with Gasteiger partial charge in [0.15, 0.2) is 5.82 Å². The summed E-state index contributed by atoms with van der Waals surface area (Å²) in [6, 6.07) is 11.8. The lowest BCUT2D eigenvalue weighted by Gasteiger charge is -2.27. The Labute approximate surface area is 276 Å². The van der Waals surface area contributed by atoms with Gasteiger partial charge in [0.1, 0.15) is 41.1 Å². The molecule has 0 aliphatic carbocycles. The molecule has 0 radical (unpaired) electrons. The fourth-order valence-electron chi connectivity index (χ4n) is 6.05. The number of methoxy groups -OCH3 is 1. The summed E-state index contributed by atoms with van der Waals surface area (Å²) in [6.45, 7) is 1.58. The molecule has 2 aliphatic rings. The highest BCUT2D eigenvalue weighted by Gasteiger charge is 2.26. The van der Waals surface area contributed by atoms with Crippen molar-refractivity contribution in [3.63, 3.8) is 0 Å². The highest BCUT2D eigenvalue weighted by molar-refractivity contribution is 5.92. The van der Waals surface area contributed by atoms with Gasteiger partial charge in [0.05, 0.1) is 30.8 Å². The highest BCUT2D eigenvalue weighted by atomic mass is 19.1. The Bertz CT molecular complexity index is 2130. The first-order chi connectivity index (χ1) is 23.6. The number of carbonyl (C=O) groups excluding carboxylic acids is 1. The van der Waals surface area contributed by atoms with E-state index in [9.17, 15) is 23.5 Å². The molecule has 0 saturated carbocycles. The molecule has 252 valence electrons. The van der Waals surface area contributed by atoms with Gasteiger partial charge >= 0.3 is 12.1 Å². The molecule has 1 amide bonds. The molecule has 14 heteroatoms. The molecular formula is C35H28F4N4O6. The van der Waals surface area contributed by atoms with Crippen LogP contribution in [0.5, 0.6) is 5.88 Å². The summed E-state index contributed by atoms with van der Waals surface area (Å²) in [4.78, 5) is 33.5. The molecule has 0 unspecified atom stereocenters. The maximum atomic E-state index is 15.6. The summed E-state index contributed by atoms with van der Waals surface area (Å²) in [7, 11) is 1.32. The lowest BCUT2D eigenvalue weighted by atomic mass is 10.0. The molecule has 7 rings (SSSR count). The van der Waals surface area contributed by atoms with E-state index < -0.39 is 46.6 Å². The second-order valence-corrected chi connectivity index (χ2v) is 11.8. The van der Waals surface area contributed by atoms with Crippen molar-refractivity contribution in [3.05, 3.63) is 112 Å². The van der Waals surface area contributed by atoms with Crippen LogP contribution in [0.4, 0.5) is 22.4 Å².